The highest BCUT2D eigenvalue weighted by Gasteiger charge is 2.31. The van der Waals surface area contributed by atoms with Crippen LogP contribution in [0.15, 0.2) is 35.4 Å². The Morgan fingerprint density at radius 2 is 1.89 bits per heavy atom. The Labute approximate surface area is 113 Å². The van der Waals surface area contributed by atoms with Crippen LogP contribution in [0.2, 0.25) is 0 Å². The van der Waals surface area contributed by atoms with Gasteiger partial charge in [0.1, 0.15) is 10.9 Å². The molecule has 0 spiro atoms. The zero-order chi connectivity index (χ0) is 12.7. The minimum atomic E-state index is 0.439. The fourth-order valence-corrected chi connectivity index (χ4v) is 2.75. The third-order valence-corrected chi connectivity index (χ3v) is 3.71. The van der Waals surface area contributed by atoms with Crippen molar-refractivity contribution in [3.8, 4) is 11.3 Å². The quantitative estimate of drug-likeness (QED) is 0.813. The van der Waals surface area contributed by atoms with Crippen LogP contribution in [0.3, 0.4) is 0 Å². The SMILES string of the molecule is CC(C)c1nc(S)c(-c2ccccc2)n1C1CC1. The van der Waals surface area contributed by atoms with Crippen LogP contribution in [0.5, 0.6) is 0 Å². The van der Waals surface area contributed by atoms with E-state index in [-0.39, 0.29) is 0 Å². The lowest BCUT2D eigenvalue weighted by atomic mass is 10.1. The van der Waals surface area contributed by atoms with Crippen molar-refractivity contribution in [2.75, 3.05) is 0 Å². The van der Waals surface area contributed by atoms with E-state index >= 15 is 0 Å². The van der Waals surface area contributed by atoms with Crippen LogP contribution in [0.25, 0.3) is 11.3 Å². The van der Waals surface area contributed by atoms with Crippen LogP contribution in [-0.4, -0.2) is 9.55 Å². The van der Waals surface area contributed by atoms with Crippen molar-refractivity contribution in [2.45, 2.75) is 43.7 Å². The Balaban J connectivity index is 2.19. The average molecular weight is 258 g/mol. The predicted molar refractivity (Wildman–Crippen MR) is 77.3 cm³/mol. The molecule has 18 heavy (non-hydrogen) atoms. The maximum Gasteiger partial charge on any atom is 0.119 e. The summed E-state index contributed by atoms with van der Waals surface area (Å²) in [5, 5.41) is 0.858. The van der Waals surface area contributed by atoms with Gasteiger partial charge in [-0.2, -0.15) is 0 Å². The summed E-state index contributed by atoms with van der Waals surface area (Å²) in [7, 11) is 0. The molecule has 1 fully saturated rings. The summed E-state index contributed by atoms with van der Waals surface area (Å²) in [6.45, 7) is 4.40. The first-order chi connectivity index (χ1) is 8.68. The van der Waals surface area contributed by atoms with Crippen LogP contribution >= 0.6 is 12.6 Å². The highest BCUT2D eigenvalue weighted by atomic mass is 32.1. The number of thiol groups is 1. The molecule has 3 heteroatoms. The molecule has 0 N–H and O–H groups in total. The number of nitrogens with zero attached hydrogens (tertiary/aromatic N) is 2. The number of hydrogen-bond donors (Lipinski definition) is 1. The lowest BCUT2D eigenvalue weighted by molar-refractivity contribution is 0.644. The first kappa shape index (κ1) is 11.8. The Kier molecular flexibility index (Phi) is 2.94. The molecule has 1 aliphatic carbocycles. The molecule has 0 radical (unpaired) electrons. The van der Waals surface area contributed by atoms with Crippen molar-refractivity contribution in [1.29, 1.82) is 0 Å². The average Bonchev–Trinajstić information content (AvgIpc) is 3.13. The molecule has 1 aliphatic rings. The van der Waals surface area contributed by atoms with Crippen LogP contribution in [-0.2, 0) is 0 Å². The van der Waals surface area contributed by atoms with E-state index in [4.69, 9.17) is 0 Å². The molecule has 1 heterocycles. The molecule has 1 aromatic heterocycles. The van der Waals surface area contributed by atoms with Crippen molar-refractivity contribution in [2.24, 2.45) is 0 Å². The normalized spacial score (nSPS) is 15.3. The highest BCUT2D eigenvalue weighted by molar-refractivity contribution is 7.80. The van der Waals surface area contributed by atoms with Gasteiger partial charge in [0, 0.05) is 17.5 Å². The summed E-state index contributed by atoms with van der Waals surface area (Å²) in [5.41, 5.74) is 2.40. The molecule has 94 valence electrons. The van der Waals surface area contributed by atoms with Crippen LogP contribution in [0, 0.1) is 0 Å². The molecule has 2 aromatic rings. The van der Waals surface area contributed by atoms with E-state index in [9.17, 15) is 0 Å². The van der Waals surface area contributed by atoms with Gasteiger partial charge in [0.05, 0.1) is 5.69 Å². The van der Waals surface area contributed by atoms with E-state index < -0.39 is 0 Å². The molecule has 1 saturated carbocycles. The lowest BCUT2D eigenvalue weighted by Gasteiger charge is -2.13. The number of aromatic nitrogens is 2. The van der Waals surface area contributed by atoms with Gasteiger partial charge in [0.2, 0.25) is 0 Å². The van der Waals surface area contributed by atoms with E-state index in [1.807, 2.05) is 6.07 Å². The summed E-state index contributed by atoms with van der Waals surface area (Å²) in [6.07, 6.45) is 2.53. The standard InChI is InChI=1S/C15H18N2S/c1-10(2)14-16-15(18)13(17(14)12-8-9-12)11-6-4-3-5-7-11/h3-7,10,12,18H,8-9H2,1-2H3. The predicted octanol–water partition coefficient (Wildman–Crippen LogP) is 4.30. The molecule has 2 nitrogen and oxygen atoms in total. The second-order valence-electron chi connectivity index (χ2n) is 5.26. The third kappa shape index (κ3) is 1.97. The summed E-state index contributed by atoms with van der Waals surface area (Å²) in [4.78, 5) is 4.67. The Morgan fingerprint density at radius 3 is 2.44 bits per heavy atom. The van der Waals surface area contributed by atoms with Crippen molar-refractivity contribution < 1.29 is 0 Å². The van der Waals surface area contributed by atoms with Gasteiger partial charge < -0.3 is 4.57 Å². The van der Waals surface area contributed by atoms with Gasteiger partial charge in [-0.1, -0.05) is 44.2 Å². The monoisotopic (exact) mass is 258 g/mol. The zero-order valence-electron chi connectivity index (χ0n) is 10.8. The summed E-state index contributed by atoms with van der Waals surface area (Å²) >= 11 is 4.58. The molecule has 3 rings (SSSR count). The topological polar surface area (TPSA) is 17.8 Å². The summed E-state index contributed by atoms with van der Waals surface area (Å²) in [6, 6.07) is 11.1. The maximum absolute atomic E-state index is 4.67. The van der Waals surface area contributed by atoms with Gasteiger partial charge in [0.15, 0.2) is 0 Å². The minimum Gasteiger partial charge on any atom is -0.324 e. The smallest absolute Gasteiger partial charge is 0.119 e. The van der Waals surface area contributed by atoms with Gasteiger partial charge in [-0.05, 0) is 12.8 Å². The maximum atomic E-state index is 4.67. The Hall–Kier alpha value is -1.22. The second-order valence-corrected chi connectivity index (χ2v) is 5.69. The highest BCUT2D eigenvalue weighted by Crippen LogP contribution is 2.43. The van der Waals surface area contributed by atoms with Gasteiger partial charge in [-0.15, -0.1) is 12.6 Å². The Bertz CT molecular complexity index is 553. The van der Waals surface area contributed by atoms with E-state index in [0.29, 0.717) is 12.0 Å². The van der Waals surface area contributed by atoms with Gasteiger partial charge in [-0.25, -0.2) is 4.98 Å². The zero-order valence-corrected chi connectivity index (χ0v) is 11.7. The number of benzene rings is 1. The van der Waals surface area contributed by atoms with Crippen LogP contribution in [0.4, 0.5) is 0 Å². The minimum absolute atomic E-state index is 0.439. The molecule has 0 bridgehead atoms. The number of rotatable bonds is 3. The number of hydrogen-bond acceptors (Lipinski definition) is 2. The van der Waals surface area contributed by atoms with E-state index in [0.717, 1.165) is 5.03 Å². The van der Waals surface area contributed by atoms with Crippen molar-refractivity contribution >= 4 is 12.6 Å². The third-order valence-electron chi connectivity index (χ3n) is 3.40. The molecule has 0 atom stereocenters. The fraction of sp³-hybridized carbons (Fsp3) is 0.400. The molecule has 0 unspecified atom stereocenters. The van der Waals surface area contributed by atoms with Gasteiger partial charge in [0.25, 0.3) is 0 Å². The van der Waals surface area contributed by atoms with Crippen molar-refractivity contribution in [3.63, 3.8) is 0 Å². The van der Waals surface area contributed by atoms with E-state index in [1.54, 1.807) is 0 Å². The van der Waals surface area contributed by atoms with E-state index in [2.05, 4.69) is 60.3 Å². The molecule has 0 aliphatic heterocycles. The van der Waals surface area contributed by atoms with Crippen LogP contribution < -0.4 is 0 Å². The van der Waals surface area contributed by atoms with Gasteiger partial charge >= 0.3 is 0 Å². The molecular formula is C15H18N2S. The molecular weight excluding hydrogens is 240 g/mol. The first-order valence-corrected chi connectivity index (χ1v) is 6.99. The van der Waals surface area contributed by atoms with E-state index in [1.165, 1.54) is 29.9 Å². The summed E-state index contributed by atoms with van der Waals surface area (Å²) in [5.74, 6) is 1.61. The number of imidazole rings is 1. The molecule has 1 aromatic carbocycles. The lowest BCUT2D eigenvalue weighted by Crippen LogP contribution is -2.04. The second kappa shape index (κ2) is 4.47. The van der Waals surface area contributed by atoms with Crippen molar-refractivity contribution in [1.82, 2.24) is 9.55 Å². The molecule has 0 amide bonds. The largest absolute Gasteiger partial charge is 0.324 e. The van der Waals surface area contributed by atoms with Crippen LogP contribution in [0.1, 0.15) is 44.5 Å². The van der Waals surface area contributed by atoms with Crippen molar-refractivity contribution in [3.05, 3.63) is 36.2 Å². The summed E-state index contributed by atoms with van der Waals surface area (Å²) < 4.78 is 2.41. The Morgan fingerprint density at radius 1 is 1.22 bits per heavy atom. The van der Waals surface area contributed by atoms with Gasteiger partial charge in [-0.3, -0.25) is 0 Å². The molecule has 0 saturated heterocycles. The fourth-order valence-electron chi connectivity index (χ4n) is 2.41. The first-order valence-electron chi connectivity index (χ1n) is 6.55.